The number of rotatable bonds is 3. The summed E-state index contributed by atoms with van der Waals surface area (Å²) in [6, 6.07) is 3.67. The summed E-state index contributed by atoms with van der Waals surface area (Å²) < 4.78 is 42.0. The molecular formula is C10H12BrClF3NO. The Balaban J connectivity index is 0.00000256. The molecule has 0 unspecified atom stereocenters. The summed E-state index contributed by atoms with van der Waals surface area (Å²) in [5.41, 5.74) is 5.89. The summed E-state index contributed by atoms with van der Waals surface area (Å²) >= 11 is 3.16. The third-order valence-corrected chi connectivity index (χ3v) is 2.78. The predicted octanol–water partition coefficient (Wildman–Crippen LogP) is 3.83. The number of hydrogen-bond acceptors (Lipinski definition) is 2. The van der Waals surface area contributed by atoms with E-state index >= 15 is 0 Å². The molecule has 0 amide bonds. The molecule has 0 aliphatic carbocycles. The van der Waals surface area contributed by atoms with Crippen molar-refractivity contribution in [1.82, 2.24) is 0 Å². The van der Waals surface area contributed by atoms with Gasteiger partial charge in [0, 0.05) is 10.5 Å². The van der Waals surface area contributed by atoms with E-state index in [-0.39, 0.29) is 12.4 Å². The van der Waals surface area contributed by atoms with Crippen LogP contribution >= 0.6 is 28.3 Å². The van der Waals surface area contributed by atoms with Gasteiger partial charge in [-0.2, -0.15) is 13.2 Å². The van der Waals surface area contributed by atoms with Crippen molar-refractivity contribution in [2.24, 2.45) is 5.73 Å². The number of halogens is 5. The monoisotopic (exact) mass is 333 g/mol. The molecular weight excluding hydrogens is 322 g/mol. The molecule has 98 valence electrons. The lowest BCUT2D eigenvalue weighted by Crippen LogP contribution is -2.20. The van der Waals surface area contributed by atoms with Crippen LogP contribution in [0.3, 0.4) is 0 Å². The van der Waals surface area contributed by atoms with Gasteiger partial charge in [0.15, 0.2) is 0 Å². The largest absolute Gasteiger partial charge is 0.497 e. The second-order valence-electron chi connectivity index (χ2n) is 3.31. The summed E-state index contributed by atoms with van der Waals surface area (Å²) in [5.74, 6) is 0.482. The van der Waals surface area contributed by atoms with Gasteiger partial charge in [0.25, 0.3) is 0 Å². The first-order valence-corrected chi connectivity index (χ1v) is 5.28. The molecule has 0 aromatic heterocycles. The Morgan fingerprint density at radius 1 is 1.41 bits per heavy atom. The standard InChI is InChI=1S/C10H11BrF3NO.ClH/c1-16-6-2-3-8(11)7(4-6)9(15)5-10(12,13)14;/h2-4,9H,5,15H2,1H3;1H/t9-;/m1./s1. The number of benzene rings is 1. The topological polar surface area (TPSA) is 35.2 Å². The van der Waals surface area contributed by atoms with Gasteiger partial charge in [0.05, 0.1) is 13.5 Å². The van der Waals surface area contributed by atoms with Crippen LogP contribution in [-0.4, -0.2) is 13.3 Å². The minimum absolute atomic E-state index is 0. The molecule has 0 aliphatic heterocycles. The van der Waals surface area contributed by atoms with Crippen molar-refractivity contribution in [3.63, 3.8) is 0 Å². The Morgan fingerprint density at radius 3 is 2.47 bits per heavy atom. The van der Waals surface area contributed by atoms with Crippen LogP contribution < -0.4 is 10.5 Å². The number of alkyl halides is 3. The fraction of sp³-hybridized carbons (Fsp3) is 0.400. The molecule has 0 fully saturated rings. The summed E-state index contributed by atoms with van der Waals surface area (Å²) in [6.07, 6.45) is -5.33. The number of nitrogens with two attached hydrogens (primary N) is 1. The summed E-state index contributed by atoms with van der Waals surface area (Å²) in [5, 5.41) is 0. The smallest absolute Gasteiger partial charge is 0.390 e. The first-order chi connectivity index (χ1) is 7.33. The van der Waals surface area contributed by atoms with Crippen LogP contribution in [0.25, 0.3) is 0 Å². The molecule has 2 nitrogen and oxygen atoms in total. The lowest BCUT2D eigenvalue weighted by molar-refractivity contribution is -0.138. The van der Waals surface area contributed by atoms with E-state index in [1.807, 2.05) is 0 Å². The lowest BCUT2D eigenvalue weighted by Gasteiger charge is -2.16. The quantitative estimate of drug-likeness (QED) is 0.912. The van der Waals surface area contributed by atoms with Crippen molar-refractivity contribution < 1.29 is 17.9 Å². The van der Waals surface area contributed by atoms with E-state index in [1.165, 1.54) is 13.2 Å². The summed E-state index contributed by atoms with van der Waals surface area (Å²) in [7, 11) is 1.45. The molecule has 0 spiro atoms. The first-order valence-electron chi connectivity index (χ1n) is 4.49. The molecule has 17 heavy (non-hydrogen) atoms. The van der Waals surface area contributed by atoms with E-state index in [0.717, 1.165) is 0 Å². The van der Waals surface area contributed by atoms with Crippen molar-refractivity contribution in [1.29, 1.82) is 0 Å². The van der Waals surface area contributed by atoms with Crippen LogP contribution in [0.5, 0.6) is 5.75 Å². The Labute approximate surface area is 112 Å². The number of ether oxygens (including phenoxy) is 1. The molecule has 1 atom stereocenters. The van der Waals surface area contributed by atoms with E-state index in [2.05, 4.69) is 15.9 Å². The Hall–Kier alpha value is -0.460. The highest BCUT2D eigenvalue weighted by atomic mass is 79.9. The molecule has 0 bridgehead atoms. The zero-order valence-electron chi connectivity index (χ0n) is 8.92. The van der Waals surface area contributed by atoms with Crippen molar-refractivity contribution in [3.8, 4) is 5.75 Å². The minimum atomic E-state index is -4.28. The van der Waals surface area contributed by atoms with Gasteiger partial charge in [-0.05, 0) is 23.8 Å². The molecule has 2 N–H and O–H groups in total. The molecule has 0 aliphatic rings. The van der Waals surface area contributed by atoms with Gasteiger partial charge >= 0.3 is 6.18 Å². The van der Waals surface area contributed by atoms with Crippen molar-refractivity contribution in [3.05, 3.63) is 28.2 Å². The maximum absolute atomic E-state index is 12.2. The number of methoxy groups -OCH3 is 1. The van der Waals surface area contributed by atoms with E-state index in [4.69, 9.17) is 10.5 Å². The maximum atomic E-state index is 12.2. The van der Waals surface area contributed by atoms with Gasteiger partial charge in [-0.25, -0.2) is 0 Å². The van der Waals surface area contributed by atoms with Crippen LogP contribution in [0.15, 0.2) is 22.7 Å². The highest BCUT2D eigenvalue weighted by molar-refractivity contribution is 9.10. The van der Waals surface area contributed by atoms with E-state index < -0.39 is 18.6 Å². The molecule has 1 aromatic rings. The van der Waals surface area contributed by atoms with Crippen LogP contribution in [0, 0.1) is 0 Å². The molecule has 0 saturated heterocycles. The maximum Gasteiger partial charge on any atom is 0.390 e. The molecule has 1 aromatic carbocycles. The minimum Gasteiger partial charge on any atom is -0.497 e. The van der Waals surface area contributed by atoms with Crippen molar-refractivity contribution in [2.45, 2.75) is 18.6 Å². The third kappa shape index (κ3) is 5.14. The second kappa shape index (κ2) is 6.47. The Morgan fingerprint density at radius 2 is 2.00 bits per heavy atom. The van der Waals surface area contributed by atoms with Crippen LogP contribution in [0.2, 0.25) is 0 Å². The van der Waals surface area contributed by atoms with Gasteiger partial charge in [-0.3, -0.25) is 0 Å². The molecule has 1 rings (SSSR count). The summed E-state index contributed by atoms with van der Waals surface area (Å²) in [6.45, 7) is 0. The second-order valence-corrected chi connectivity index (χ2v) is 4.17. The van der Waals surface area contributed by atoms with E-state index in [1.54, 1.807) is 12.1 Å². The van der Waals surface area contributed by atoms with E-state index in [0.29, 0.717) is 15.8 Å². The van der Waals surface area contributed by atoms with E-state index in [9.17, 15) is 13.2 Å². The first kappa shape index (κ1) is 16.5. The predicted molar refractivity (Wildman–Crippen MR) is 65.5 cm³/mol. The molecule has 0 heterocycles. The summed E-state index contributed by atoms with van der Waals surface area (Å²) in [4.78, 5) is 0. The Bertz CT molecular complexity index is 373. The van der Waals surface area contributed by atoms with Crippen LogP contribution in [0.1, 0.15) is 18.0 Å². The average Bonchev–Trinajstić information content (AvgIpc) is 2.15. The van der Waals surface area contributed by atoms with Crippen molar-refractivity contribution >= 4 is 28.3 Å². The molecule has 7 heteroatoms. The van der Waals surface area contributed by atoms with Gasteiger partial charge in [0.1, 0.15) is 5.75 Å². The zero-order chi connectivity index (χ0) is 12.3. The molecule has 0 radical (unpaired) electrons. The third-order valence-electron chi connectivity index (χ3n) is 2.05. The fourth-order valence-electron chi connectivity index (χ4n) is 1.29. The van der Waals surface area contributed by atoms with Crippen LogP contribution in [-0.2, 0) is 0 Å². The van der Waals surface area contributed by atoms with Crippen molar-refractivity contribution in [2.75, 3.05) is 7.11 Å². The molecule has 0 saturated carbocycles. The Kier molecular flexibility index (Phi) is 6.29. The lowest BCUT2D eigenvalue weighted by atomic mass is 10.0. The number of hydrogen-bond donors (Lipinski definition) is 1. The van der Waals surface area contributed by atoms with Gasteiger partial charge in [0.2, 0.25) is 0 Å². The van der Waals surface area contributed by atoms with Gasteiger partial charge < -0.3 is 10.5 Å². The normalized spacial score (nSPS) is 12.8. The van der Waals surface area contributed by atoms with Gasteiger partial charge in [-0.15, -0.1) is 12.4 Å². The fourth-order valence-corrected chi connectivity index (χ4v) is 1.83. The average molecular weight is 335 g/mol. The SMILES string of the molecule is COc1ccc(Br)c([C@H](N)CC(F)(F)F)c1.Cl. The van der Waals surface area contributed by atoms with Gasteiger partial charge in [-0.1, -0.05) is 15.9 Å². The highest BCUT2D eigenvalue weighted by Gasteiger charge is 2.31. The van der Waals surface area contributed by atoms with Crippen LogP contribution in [0.4, 0.5) is 13.2 Å². The highest BCUT2D eigenvalue weighted by Crippen LogP contribution is 2.33. The zero-order valence-corrected chi connectivity index (χ0v) is 11.3.